The van der Waals surface area contributed by atoms with Crippen LogP contribution in [0.5, 0.6) is 0 Å². The maximum atomic E-state index is 13.6. The van der Waals surface area contributed by atoms with Gasteiger partial charge in [0.25, 0.3) is 0 Å². The van der Waals surface area contributed by atoms with E-state index in [4.69, 9.17) is 47.4 Å². The van der Waals surface area contributed by atoms with E-state index in [1.54, 1.807) is 6.08 Å². The van der Waals surface area contributed by atoms with Gasteiger partial charge in [0.05, 0.1) is 51.8 Å². The van der Waals surface area contributed by atoms with Crippen molar-refractivity contribution >= 4 is 17.7 Å². The number of amides is 3. The van der Waals surface area contributed by atoms with Crippen molar-refractivity contribution in [3.05, 3.63) is 24.3 Å². The van der Waals surface area contributed by atoms with Crippen LogP contribution in [0.25, 0.3) is 0 Å². The lowest BCUT2D eigenvalue weighted by Gasteiger charge is -2.51. The molecule has 0 radical (unpaired) electrons. The highest BCUT2D eigenvalue weighted by atomic mass is 16.8. The van der Waals surface area contributed by atoms with Gasteiger partial charge in [-0.25, -0.2) is 0 Å². The second-order valence-electron chi connectivity index (χ2n) is 29.6. The number of carbonyl (C=O) groups excluding carboxylic acids is 3. The molecule has 0 saturated carbocycles. The molecule has 0 aromatic heterocycles. The second kappa shape index (κ2) is 53.1. The van der Waals surface area contributed by atoms with Crippen molar-refractivity contribution in [2.24, 2.45) is 0 Å². The molecule has 5 aliphatic heterocycles. The van der Waals surface area contributed by atoms with E-state index in [-0.39, 0.29) is 12.3 Å². The van der Waals surface area contributed by atoms with Crippen LogP contribution in [0.15, 0.2) is 24.3 Å². The number of allylic oxidation sites excluding steroid dienone is 3. The molecule has 31 heteroatoms. The Labute approximate surface area is 632 Å². The van der Waals surface area contributed by atoms with Crippen LogP contribution in [-0.2, 0) is 61.8 Å². The third-order valence-electron chi connectivity index (χ3n) is 20.8. The molecule has 5 heterocycles. The zero-order valence-electron chi connectivity index (χ0n) is 63.8. The third-order valence-corrected chi connectivity index (χ3v) is 20.8. The average molecular weight is 1540 g/mol. The summed E-state index contributed by atoms with van der Waals surface area (Å²) in [6.45, 7) is 1.21. The third kappa shape index (κ3) is 31.7. The SMILES string of the molecule is CCCCCCCC/C=C\CCCCCCCCCCCCCC(=O)N[C@@H](CO[C@@H]1OC(CO)[C@@H](O[C@@H]2OC(CO)[C@H](O[C@@H]3OC(CO)[C@H](O)[C@H](O)C3NC(C)=O)[C@H](O[C@@H]3OC(CO)[C@@H](O[C@@H]4OC(CO)[C@H](O)[C@H](O)C4O)[C@H](O)C3NC(C)=O)C2O)[C@H](O)C1O)[C@H](O)/C=C/CCCCCCCCCCCCC. The molecule has 0 aromatic rings. The molecule has 5 fully saturated rings. The van der Waals surface area contributed by atoms with Crippen LogP contribution in [0.1, 0.15) is 233 Å². The molecule has 624 valence electrons. The van der Waals surface area contributed by atoms with Gasteiger partial charge in [-0.05, 0) is 44.9 Å². The van der Waals surface area contributed by atoms with Crippen molar-refractivity contribution in [2.45, 2.75) is 399 Å². The van der Waals surface area contributed by atoms with Gasteiger partial charge in [-0.1, -0.05) is 192 Å². The molecule has 5 aliphatic rings. The molecule has 18 N–H and O–H groups in total. The maximum absolute atomic E-state index is 13.6. The summed E-state index contributed by atoms with van der Waals surface area (Å²) in [6, 6.07) is -4.57. The number of nitrogens with one attached hydrogen (secondary N) is 3. The van der Waals surface area contributed by atoms with Crippen molar-refractivity contribution in [1.29, 1.82) is 0 Å². The highest BCUT2D eigenvalue weighted by Crippen LogP contribution is 2.38. The zero-order chi connectivity index (χ0) is 78.2. The average Bonchev–Trinajstić information content (AvgIpc) is 0.760. The lowest BCUT2D eigenvalue weighted by molar-refractivity contribution is -0.395. The van der Waals surface area contributed by atoms with E-state index in [0.717, 1.165) is 71.6 Å². The van der Waals surface area contributed by atoms with Crippen LogP contribution >= 0.6 is 0 Å². The predicted octanol–water partition coefficient (Wildman–Crippen LogP) is 1.87. The van der Waals surface area contributed by atoms with E-state index in [9.17, 15) is 91.0 Å². The van der Waals surface area contributed by atoms with Crippen LogP contribution in [0.4, 0.5) is 0 Å². The Morgan fingerprint density at radius 1 is 0.364 bits per heavy atom. The Bertz CT molecular complexity index is 2430. The molecule has 10 unspecified atom stereocenters. The van der Waals surface area contributed by atoms with E-state index in [2.05, 4.69) is 41.9 Å². The summed E-state index contributed by atoms with van der Waals surface area (Å²) in [4.78, 5) is 39.1. The molecule has 107 heavy (non-hydrogen) atoms. The monoisotopic (exact) mass is 1540 g/mol. The summed E-state index contributed by atoms with van der Waals surface area (Å²) in [6.07, 6.45) is -0.933. The first-order valence-electron chi connectivity index (χ1n) is 40.1. The molecule has 0 bridgehead atoms. The zero-order valence-corrected chi connectivity index (χ0v) is 63.8. The Hall–Kier alpha value is -3.11. The van der Waals surface area contributed by atoms with E-state index in [1.807, 2.05) is 6.08 Å². The van der Waals surface area contributed by atoms with Crippen LogP contribution in [0, 0.1) is 0 Å². The number of rotatable bonds is 54. The number of unbranched alkanes of at least 4 members (excludes halogenated alkanes) is 28. The molecular formula is C76H137N3O28. The first-order valence-corrected chi connectivity index (χ1v) is 40.1. The van der Waals surface area contributed by atoms with Gasteiger partial charge in [0.2, 0.25) is 17.7 Å². The van der Waals surface area contributed by atoms with Crippen molar-refractivity contribution < 1.29 is 138 Å². The number of aliphatic hydroxyl groups is 15. The molecule has 27 atom stereocenters. The molecule has 31 nitrogen and oxygen atoms in total. The summed E-state index contributed by atoms with van der Waals surface area (Å²) in [7, 11) is 0. The topological polar surface area (TPSA) is 483 Å². The smallest absolute Gasteiger partial charge is 0.220 e. The van der Waals surface area contributed by atoms with Gasteiger partial charge in [0, 0.05) is 20.3 Å². The first-order chi connectivity index (χ1) is 51.6. The number of hydrogen-bond donors (Lipinski definition) is 18. The molecule has 5 saturated heterocycles. The maximum Gasteiger partial charge on any atom is 0.220 e. The van der Waals surface area contributed by atoms with Crippen LogP contribution in [-0.4, -0.2) is 300 Å². The van der Waals surface area contributed by atoms with E-state index in [1.165, 1.54) is 128 Å². The van der Waals surface area contributed by atoms with E-state index < -0.39 is 217 Å². The Balaban J connectivity index is 1.27. The lowest BCUT2D eigenvalue weighted by atomic mass is 9.93. The largest absolute Gasteiger partial charge is 0.394 e. The van der Waals surface area contributed by atoms with Crippen LogP contribution in [0.2, 0.25) is 0 Å². The standard InChI is InChI=1S/C76H137N3O28/c1-5-7-9-11-13-15-17-19-20-21-22-23-24-25-26-28-30-32-34-36-38-40-56(88)79-49(50(87)39-37-35-33-31-29-27-18-16-14-12-10-8-6-2)46-98-74-66(96)64(94)69(54(44-83)102-74)105-76-67(97)71(70(55(45-84)103-76)106-72-57(77-47(3)85)61(91)59(89)51(41-80)99-72)107-73-58(78-48(4)86)62(92)68(53(43-82)101-73)104-75-65(95)63(93)60(90)52(42-81)100-75/h19-20,37,39,49-55,57-76,80-84,87,89-97H,5-18,21-36,38,40-46H2,1-4H3,(H,77,85)(H,78,86)(H,79,88)/b20-19-,39-37+/t49-,50+,51?,52?,53?,54?,55?,57?,58?,59-,60-,61+,62+,63-,64+,65?,66?,67?,68+,69+,70-,71+,72-,73-,74+,75-,76-/m0/s1. The number of carbonyl (C=O) groups is 3. The number of ether oxygens (including phenoxy) is 10. The van der Waals surface area contributed by atoms with Crippen molar-refractivity contribution in [3.63, 3.8) is 0 Å². The predicted molar refractivity (Wildman–Crippen MR) is 389 cm³/mol. The molecule has 3 amide bonds. The summed E-state index contributed by atoms with van der Waals surface area (Å²) in [5.41, 5.74) is 0. The Morgan fingerprint density at radius 2 is 0.710 bits per heavy atom. The van der Waals surface area contributed by atoms with Gasteiger partial charge in [0.1, 0.15) is 122 Å². The fourth-order valence-corrected chi connectivity index (χ4v) is 14.4. The lowest BCUT2D eigenvalue weighted by Crippen LogP contribution is -2.71. The summed E-state index contributed by atoms with van der Waals surface area (Å²) < 4.78 is 60.3. The van der Waals surface area contributed by atoms with Crippen molar-refractivity contribution in [1.82, 2.24) is 16.0 Å². The molecule has 5 rings (SSSR count). The Kier molecular flexibility index (Phi) is 46.8. The first kappa shape index (κ1) is 94.5. The molecule has 0 aromatic carbocycles. The van der Waals surface area contributed by atoms with Gasteiger partial charge in [-0.2, -0.15) is 0 Å². The Morgan fingerprint density at radius 3 is 1.18 bits per heavy atom. The quantitative estimate of drug-likeness (QED) is 0.0305. The van der Waals surface area contributed by atoms with Crippen molar-refractivity contribution in [3.8, 4) is 0 Å². The fraction of sp³-hybridized carbons (Fsp3) is 0.908. The van der Waals surface area contributed by atoms with Crippen molar-refractivity contribution in [2.75, 3.05) is 39.6 Å². The van der Waals surface area contributed by atoms with Gasteiger partial charge in [-0.3, -0.25) is 14.4 Å². The van der Waals surface area contributed by atoms with Gasteiger partial charge >= 0.3 is 0 Å². The molecule has 0 spiro atoms. The molecular weight excluding hydrogens is 1400 g/mol. The number of aliphatic hydroxyl groups excluding tert-OH is 15. The minimum absolute atomic E-state index is 0.166. The van der Waals surface area contributed by atoms with Crippen LogP contribution in [0.3, 0.4) is 0 Å². The van der Waals surface area contributed by atoms with Gasteiger partial charge in [-0.15, -0.1) is 0 Å². The van der Waals surface area contributed by atoms with Gasteiger partial charge in [0.15, 0.2) is 31.5 Å². The second-order valence-corrected chi connectivity index (χ2v) is 29.6. The van der Waals surface area contributed by atoms with E-state index >= 15 is 0 Å². The fourth-order valence-electron chi connectivity index (χ4n) is 14.4. The van der Waals surface area contributed by atoms with E-state index in [0.29, 0.717) is 12.8 Å². The highest BCUT2D eigenvalue weighted by molar-refractivity contribution is 5.76. The number of hydrogen-bond acceptors (Lipinski definition) is 28. The van der Waals surface area contributed by atoms with Crippen LogP contribution < -0.4 is 16.0 Å². The molecule has 0 aliphatic carbocycles. The summed E-state index contributed by atoms with van der Waals surface area (Å²) in [5.74, 6) is -1.97. The summed E-state index contributed by atoms with van der Waals surface area (Å²) >= 11 is 0. The highest BCUT2D eigenvalue weighted by Gasteiger charge is 2.58. The normalized spacial score (nSPS) is 34.1. The minimum Gasteiger partial charge on any atom is -0.394 e. The summed E-state index contributed by atoms with van der Waals surface area (Å²) in [5, 5.41) is 174. The van der Waals surface area contributed by atoms with Gasteiger partial charge < -0.3 is 140 Å². The minimum atomic E-state index is -2.29.